The highest BCUT2D eigenvalue weighted by molar-refractivity contribution is 5.89. The van der Waals surface area contributed by atoms with E-state index in [9.17, 15) is 20.3 Å². The second-order valence-electron chi connectivity index (χ2n) is 6.62. The lowest BCUT2D eigenvalue weighted by Crippen LogP contribution is -2.46. The number of rotatable bonds is 4. The number of hydrogen-bond donors (Lipinski definition) is 3. The lowest BCUT2D eigenvalue weighted by atomic mass is 9.96. The molecule has 1 aliphatic heterocycles. The topological polar surface area (TPSA) is 156 Å². The Bertz CT molecular complexity index is 1100. The molecule has 1 aliphatic rings. The van der Waals surface area contributed by atoms with Gasteiger partial charge in [0.2, 0.25) is 5.60 Å². The van der Waals surface area contributed by atoms with Gasteiger partial charge in [-0.2, -0.15) is 10.4 Å². The van der Waals surface area contributed by atoms with Crippen LogP contribution in [0.3, 0.4) is 0 Å². The number of fused-ring (bicyclic) bond motifs is 1. The van der Waals surface area contributed by atoms with Gasteiger partial charge in [-0.15, -0.1) is 0 Å². The number of nitriles is 1. The van der Waals surface area contributed by atoms with Gasteiger partial charge in [-0.1, -0.05) is 18.2 Å². The molecule has 4 N–H and O–H groups in total. The molecule has 0 saturated carbocycles. The molecule has 1 fully saturated rings. The van der Waals surface area contributed by atoms with Crippen molar-refractivity contribution in [2.45, 2.75) is 23.9 Å². The summed E-state index contributed by atoms with van der Waals surface area (Å²) in [6.45, 7) is -0.563. The van der Waals surface area contributed by atoms with E-state index >= 15 is 0 Å². The van der Waals surface area contributed by atoms with E-state index in [1.54, 1.807) is 42.5 Å². The van der Waals surface area contributed by atoms with Crippen LogP contribution < -0.4 is 5.73 Å². The lowest BCUT2D eigenvalue weighted by Gasteiger charge is -2.23. The van der Waals surface area contributed by atoms with Crippen molar-refractivity contribution < 1.29 is 24.5 Å². The molecule has 3 heterocycles. The highest BCUT2D eigenvalue weighted by Crippen LogP contribution is 2.40. The molecule has 0 radical (unpaired) electrons. The number of aromatic nitrogens is 3. The van der Waals surface area contributed by atoms with Gasteiger partial charge < -0.3 is 25.4 Å². The SMILES string of the molecule is N#C[C@]1(COC(=O)c2ccccc2)O[C@@H](c2ccc3c(N)ncnn23)[C@H](O)[C@@H]1O. The zero-order valence-electron chi connectivity index (χ0n) is 15.0. The van der Waals surface area contributed by atoms with E-state index in [2.05, 4.69) is 10.1 Å². The summed E-state index contributed by atoms with van der Waals surface area (Å²) in [5.74, 6) is -0.453. The number of hydrogen-bond acceptors (Lipinski definition) is 9. The Labute approximate surface area is 164 Å². The molecule has 0 spiro atoms. The van der Waals surface area contributed by atoms with E-state index < -0.39 is 36.5 Å². The first-order valence-corrected chi connectivity index (χ1v) is 8.72. The zero-order valence-corrected chi connectivity index (χ0v) is 15.0. The van der Waals surface area contributed by atoms with Gasteiger partial charge in [0.25, 0.3) is 0 Å². The second-order valence-corrected chi connectivity index (χ2v) is 6.62. The minimum absolute atomic E-state index is 0.225. The van der Waals surface area contributed by atoms with Crippen molar-refractivity contribution >= 4 is 17.3 Å². The normalized spacial score (nSPS) is 26.3. The number of anilines is 1. The standard InChI is InChI=1S/C19H17N5O5/c20-8-19(9-28-18(27)11-4-2-1-3-5-11)16(26)14(25)15(29-19)12-6-7-13-17(21)22-10-23-24(12)13/h1-7,10,14-16,25-26H,9H2,(H2,21,22,23)/t14-,15-,16-,19+/m0/s1. The summed E-state index contributed by atoms with van der Waals surface area (Å²) in [5.41, 5.74) is 5.00. The third-order valence-corrected chi connectivity index (χ3v) is 4.87. The average Bonchev–Trinajstić information content (AvgIpc) is 3.28. The lowest BCUT2D eigenvalue weighted by molar-refractivity contribution is -0.0802. The van der Waals surface area contributed by atoms with Gasteiger partial charge in [0.15, 0.2) is 5.82 Å². The van der Waals surface area contributed by atoms with Gasteiger partial charge >= 0.3 is 5.97 Å². The van der Waals surface area contributed by atoms with Gasteiger partial charge in [-0.25, -0.2) is 14.3 Å². The highest BCUT2D eigenvalue weighted by Gasteiger charge is 2.57. The highest BCUT2D eigenvalue weighted by atomic mass is 16.6. The minimum atomic E-state index is -1.95. The number of carbonyl (C=O) groups excluding carboxylic acids is 1. The van der Waals surface area contributed by atoms with E-state index in [0.717, 1.165) is 0 Å². The molecule has 10 nitrogen and oxygen atoms in total. The van der Waals surface area contributed by atoms with E-state index in [1.165, 1.54) is 10.8 Å². The molecule has 2 aromatic heterocycles. The maximum Gasteiger partial charge on any atom is 0.338 e. The number of aliphatic hydroxyl groups is 2. The molecule has 1 saturated heterocycles. The van der Waals surface area contributed by atoms with E-state index in [0.29, 0.717) is 11.2 Å². The molecule has 3 aromatic rings. The number of carbonyl (C=O) groups is 1. The van der Waals surface area contributed by atoms with Crippen LogP contribution in [0, 0.1) is 11.3 Å². The number of nitrogen functional groups attached to an aromatic ring is 1. The predicted molar refractivity (Wildman–Crippen MR) is 98.3 cm³/mol. The Balaban J connectivity index is 1.60. The molecule has 0 aliphatic carbocycles. The molecule has 0 amide bonds. The summed E-state index contributed by atoms with van der Waals surface area (Å²) >= 11 is 0. The summed E-state index contributed by atoms with van der Waals surface area (Å²) < 4.78 is 12.3. The quantitative estimate of drug-likeness (QED) is 0.526. The van der Waals surface area contributed by atoms with Crippen molar-refractivity contribution in [3.05, 3.63) is 60.0 Å². The first-order valence-electron chi connectivity index (χ1n) is 8.72. The van der Waals surface area contributed by atoms with E-state index in [1.807, 2.05) is 6.07 Å². The van der Waals surface area contributed by atoms with Crippen molar-refractivity contribution in [1.29, 1.82) is 5.26 Å². The number of ether oxygens (including phenoxy) is 2. The fraction of sp³-hybridized carbons (Fsp3) is 0.263. The summed E-state index contributed by atoms with van der Waals surface area (Å²) in [4.78, 5) is 16.1. The Morgan fingerprint density at radius 3 is 2.79 bits per heavy atom. The molecular formula is C19H17N5O5. The number of aliphatic hydroxyl groups excluding tert-OH is 2. The van der Waals surface area contributed by atoms with Crippen LogP contribution in [0.5, 0.6) is 0 Å². The fourth-order valence-corrected chi connectivity index (χ4v) is 3.31. The third-order valence-electron chi connectivity index (χ3n) is 4.87. The largest absolute Gasteiger partial charge is 0.458 e. The molecule has 4 rings (SSSR count). The van der Waals surface area contributed by atoms with Crippen molar-refractivity contribution in [2.24, 2.45) is 0 Å². The molecule has 0 bridgehead atoms. The Hall–Kier alpha value is -3.52. The fourth-order valence-electron chi connectivity index (χ4n) is 3.31. The van der Waals surface area contributed by atoms with Crippen LogP contribution in [-0.2, 0) is 9.47 Å². The molecule has 148 valence electrons. The Morgan fingerprint density at radius 1 is 1.31 bits per heavy atom. The zero-order chi connectivity index (χ0) is 20.6. The maximum atomic E-state index is 12.2. The van der Waals surface area contributed by atoms with Crippen LogP contribution in [0.15, 0.2) is 48.8 Å². The summed E-state index contributed by atoms with van der Waals surface area (Å²) in [6.07, 6.45) is -2.94. The smallest absolute Gasteiger partial charge is 0.338 e. The number of nitrogens with zero attached hydrogens (tertiary/aromatic N) is 4. The summed E-state index contributed by atoms with van der Waals surface area (Å²) in [7, 11) is 0. The molecular weight excluding hydrogens is 378 g/mol. The van der Waals surface area contributed by atoms with Crippen LogP contribution >= 0.6 is 0 Å². The Kier molecular flexibility index (Phi) is 4.63. The number of benzene rings is 1. The van der Waals surface area contributed by atoms with E-state index in [4.69, 9.17) is 15.2 Å². The average molecular weight is 395 g/mol. The molecule has 10 heteroatoms. The number of esters is 1. The molecule has 0 unspecified atom stereocenters. The monoisotopic (exact) mass is 395 g/mol. The van der Waals surface area contributed by atoms with Gasteiger partial charge in [-0.05, 0) is 24.3 Å². The molecule has 1 aromatic carbocycles. The van der Waals surface area contributed by atoms with Gasteiger partial charge in [0.1, 0.15) is 42.8 Å². The van der Waals surface area contributed by atoms with Crippen LogP contribution in [0.4, 0.5) is 5.82 Å². The van der Waals surface area contributed by atoms with Gasteiger partial charge in [0.05, 0.1) is 11.3 Å². The first kappa shape index (κ1) is 18.8. The second kappa shape index (κ2) is 7.14. The van der Waals surface area contributed by atoms with Crippen LogP contribution in [0.2, 0.25) is 0 Å². The third kappa shape index (κ3) is 3.07. The van der Waals surface area contributed by atoms with Crippen LogP contribution in [0.25, 0.3) is 5.52 Å². The van der Waals surface area contributed by atoms with Crippen molar-refractivity contribution in [1.82, 2.24) is 14.6 Å². The maximum absolute atomic E-state index is 12.2. The minimum Gasteiger partial charge on any atom is -0.458 e. The summed E-state index contributed by atoms with van der Waals surface area (Å²) in [5, 5.41) is 34.8. The predicted octanol–water partition coefficient (Wildman–Crippen LogP) is 0.224. The van der Waals surface area contributed by atoms with E-state index in [-0.39, 0.29) is 11.4 Å². The first-order chi connectivity index (χ1) is 14.0. The van der Waals surface area contributed by atoms with Crippen molar-refractivity contribution in [2.75, 3.05) is 12.3 Å². The molecule has 29 heavy (non-hydrogen) atoms. The van der Waals surface area contributed by atoms with Crippen molar-refractivity contribution in [3.63, 3.8) is 0 Å². The van der Waals surface area contributed by atoms with Crippen molar-refractivity contribution in [3.8, 4) is 6.07 Å². The van der Waals surface area contributed by atoms with Crippen LogP contribution in [-0.4, -0.2) is 55.2 Å². The van der Waals surface area contributed by atoms with Gasteiger partial charge in [0, 0.05) is 0 Å². The molecule has 4 atom stereocenters. The Morgan fingerprint density at radius 2 is 2.07 bits per heavy atom. The van der Waals surface area contributed by atoms with Crippen LogP contribution in [0.1, 0.15) is 22.2 Å². The summed E-state index contributed by atoms with van der Waals surface area (Å²) in [6, 6.07) is 13.3. The van der Waals surface area contributed by atoms with Gasteiger partial charge in [-0.3, -0.25) is 0 Å². The number of nitrogens with two attached hydrogens (primary N) is 1.